The van der Waals surface area contributed by atoms with Crippen molar-refractivity contribution in [2.45, 2.75) is 37.8 Å². The SMILES string of the molecule is CC(C)NS(=O)(=O)c1ccc(NC(=O)C(C)OC(=O)c2ccc(-n3cnnn3)cc2)cc1. The Morgan fingerprint density at radius 3 is 2.22 bits per heavy atom. The number of sulfonamides is 1. The van der Waals surface area contributed by atoms with Crippen molar-refractivity contribution in [3.8, 4) is 5.69 Å². The van der Waals surface area contributed by atoms with Crippen molar-refractivity contribution in [2.75, 3.05) is 5.32 Å². The molecule has 1 unspecified atom stereocenters. The third kappa shape index (κ3) is 5.74. The van der Waals surface area contributed by atoms with Gasteiger partial charge in [0.2, 0.25) is 10.0 Å². The highest BCUT2D eigenvalue weighted by atomic mass is 32.2. The van der Waals surface area contributed by atoms with Crippen LogP contribution in [0, 0.1) is 0 Å². The number of ether oxygens (including phenoxy) is 1. The maximum Gasteiger partial charge on any atom is 0.338 e. The number of tetrazole rings is 1. The Labute approximate surface area is 184 Å². The average molecular weight is 459 g/mol. The van der Waals surface area contributed by atoms with Gasteiger partial charge in [-0.05, 0) is 79.7 Å². The number of amides is 1. The predicted molar refractivity (Wildman–Crippen MR) is 115 cm³/mol. The third-order valence-corrected chi connectivity index (χ3v) is 5.87. The Morgan fingerprint density at radius 1 is 1.00 bits per heavy atom. The summed E-state index contributed by atoms with van der Waals surface area (Å²) in [6, 6.07) is 11.8. The number of rotatable bonds is 8. The molecule has 0 spiro atoms. The summed E-state index contributed by atoms with van der Waals surface area (Å²) in [5.41, 5.74) is 1.28. The van der Waals surface area contributed by atoms with Gasteiger partial charge in [0.25, 0.3) is 5.91 Å². The zero-order valence-electron chi connectivity index (χ0n) is 17.6. The van der Waals surface area contributed by atoms with Crippen LogP contribution < -0.4 is 10.0 Å². The van der Waals surface area contributed by atoms with E-state index in [0.717, 1.165) is 0 Å². The van der Waals surface area contributed by atoms with Crippen LogP contribution in [0.25, 0.3) is 5.69 Å². The fraction of sp³-hybridized carbons (Fsp3) is 0.250. The number of benzene rings is 2. The van der Waals surface area contributed by atoms with E-state index in [4.69, 9.17) is 4.74 Å². The van der Waals surface area contributed by atoms with Gasteiger partial charge in [0.15, 0.2) is 6.10 Å². The summed E-state index contributed by atoms with van der Waals surface area (Å²) in [7, 11) is -3.63. The summed E-state index contributed by atoms with van der Waals surface area (Å²) in [5.74, 6) is -1.23. The van der Waals surface area contributed by atoms with E-state index in [1.54, 1.807) is 26.0 Å². The zero-order chi connectivity index (χ0) is 23.3. The van der Waals surface area contributed by atoms with E-state index in [-0.39, 0.29) is 16.5 Å². The molecule has 32 heavy (non-hydrogen) atoms. The zero-order valence-corrected chi connectivity index (χ0v) is 18.4. The first-order valence-electron chi connectivity index (χ1n) is 9.63. The lowest BCUT2D eigenvalue weighted by atomic mass is 10.2. The molecule has 0 aliphatic rings. The van der Waals surface area contributed by atoms with Crippen molar-refractivity contribution in [2.24, 2.45) is 0 Å². The minimum atomic E-state index is -3.63. The molecule has 0 aliphatic carbocycles. The number of hydrogen-bond donors (Lipinski definition) is 2. The minimum Gasteiger partial charge on any atom is -0.449 e. The number of nitrogens with one attached hydrogen (secondary N) is 2. The molecule has 12 heteroatoms. The summed E-state index contributed by atoms with van der Waals surface area (Å²) in [6.07, 6.45) is 0.343. The molecule has 1 atom stereocenters. The number of nitrogens with zero attached hydrogens (tertiary/aromatic N) is 4. The van der Waals surface area contributed by atoms with Crippen LogP contribution in [0.3, 0.4) is 0 Å². The van der Waals surface area contributed by atoms with E-state index in [0.29, 0.717) is 11.4 Å². The molecule has 0 saturated heterocycles. The number of hydrogen-bond acceptors (Lipinski definition) is 8. The molecule has 1 heterocycles. The Morgan fingerprint density at radius 2 is 1.66 bits per heavy atom. The van der Waals surface area contributed by atoms with Crippen LogP contribution in [-0.2, 0) is 19.6 Å². The molecule has 0 aliphatic heterocycles. The molecule has 0 radical (unpaired) electrons. The van der Waals surface area contributed by atoms with Crippen molar-refractivity contribution < 1.29 is 22.7 Å². The molecule has 1 amide bonds. The van der Waals surface area contributed by atoms with Crippen LogP contribution in [-0.4, -0.2) is 52.6 Å². The van der Waals surface area contributed by atoms with Gasteiger partial charge in [-0.25, -0.2) is 22.6 Å². The van der Waals surface area contributed by atoms with E-state index in [2.05, 4.69) is 25.6 Å². The number of carbonyl (C=O) groups is 2. The lowest BCUT2D eigenvalue weighted by molar-refractivity contribution is -0.123. The van der Waals surface area contributed by atoms with Gasteiger partial charge in [0.05, 0.1) is 16.1 Å². The van der Waals surface area contributed by atoms with Gasteiger partial charge in [0.1, 0.15) is 6.33 Å². The number of esters is 1. The van der Waals surface area contributed by atoms with Gasteiger partial charge in [-0.2, -0.15) is 0 Å². The fourth-order valence-electron chi connectivity index (χ4n) is 2.65. The van der Waals surface area contributed by atoms with Crippen molar-refractivity contribution in [3.05, 3.63) is 60.4 Å². The highest BCUT2D eigenvalue weighted by molar-refractivity contribution is 7.89. The van der Waals surface area contributed by atoms with Gasteiger partial charge in [-0.15, -0.1) is 5.10 Å². The third-order valence-electron chi connectivity index (χ3n) is 4.19. The van der Waals surface area contributed by atoms with Gasteiger partial charge < -0.3 is 10.1 Å². The Balaban J connectivity index is 1.58. The number of anilines is 1. The second-order valence-corrected chi connectivity index (χ2v) is 8.85. The summed E-state index contributed by atoms with van der Waals surface area (Å²) in [4.78, 5) is 24.8. The van der Waals surface area contributed by atoms with E-state index < -0.39 is 28.0 Å². The van der Waals surface area contributed by atoms with E-state index >= 15 is 0 Å². The van der Waals surface area contributed by atoms with E-state index in [1.807, 2.05) is 0 Å². The molecular weight excluding hydrogens is 436 g/mol. The molecule has 11 nitrogen and oxygen atoms in total. The smallest absolute Gasteiger partial charge is 0.338 e. The first-order chi connectivity index (χ1) is 15.2. The maximum absolute atomic E-state index is 12.4. The molecule has 2 N–H and O–H groups in total. The molecule has 0 fully saturated rings. The molecule has 3 rings (SSSR count). The standard InChI is InChI=1S/C20H22N6O5S/c1-13(2)23-32(29,30)18-10-6-16(7-11-18)22-19(27)14(3)31-20(28)15-4-8-17(9-5-15)26-12-21-24-25-26/h4-14,23H,1-3H3,(H,22,27). The van der Waals surface area contributed by atoms with Crippen LogP contribution in [0.2, 0.25) is 0 Å². The molecule has 3 aromatic rings. The summed E-state index contributed by atoms with van der Waals surface area (Å²) >= 11 is 0. The molecular formula is C20H22N6O5S. The summed E-state index contributed by atoms with van der Waals surface area (Å²) in [6.45, 7) is 4.88. The van der Waals surface area contributed by atoms with Crippen LogP contribution in [0.4, 0.5) is 5.69 Å². The second-order valence-electron chi connectivity index (χ2n) is 7.14. The van der Waals surface area contributed by atoms with Crippen molar-refractivity contribution in [1.82, 2.24) is 24.9 Å². The Kier molecular flexibility index (Phi) is 6.95. The van der Waals surface area contributed by atoms with Gasteiger partial charge >= 0.3 is 5.97 Å². The Bertz CT molecular complexity index is 1180. The molecule has 0 bridgehead atoms. The van der Waals surface area contributed by atoms with Crippen LogP contribution in [0.5, 0.6) is 0 Å². The monoisotopic (exact) mass is 458 g/mol. The molecule has 0 saturated carbocycles. The average Bonchev–Trinajstić information content (AvgIpc) is 3.28. The predicted octanol–water partition coefficient (Wildman–Crippen LogP) is 1.53. The largest absolute Gasteiger partial charge is 0.449 e. The lowest BCUT2D eigenvalue weighted by Crippen LogP contribution is -2.30. The molecule has 168 valence electrons. The summed E-state index contributed by atoms with van der Waals surface area (Å²) in [5, 5.41) is 13.4. The molecule has 1 aromatic heterocycles. The first kappa shape index (κ1) is 23.0. The van der Waals surface area contributed by atoms with Crippen LogP contribution >= 0.6 is 0 Å². The topological polar surface area (TPSA) is 145 Å². The second kappa shape index (κ2) is 9.66. The van der Waals surface area contributed by atoms with Gasteiger partial charge in [0, 0.05) is 11.7 Å². The highest BCUT2D eigenvalue weighted by Crippen LogP contribution is 2.15. The molecule has 2 aromatic carbocycles. The van der Waals surface area contributed by atoms with E-state index in [9.17, 15) is 18.0 Å². The lowest BCUT2D eigenvalue weighted by Gasteiger charge is -2.14. The van der Waals surface area contributed by atoms with Crippen LogP contribution in [0.15, 0.2) is 59.8 Å². The highest BCUT2D eigenvalue weighted by Gasteiger charge is 2.20. The first-order valence-corrected chi connectivity index (χ1v) is 11.1. The number of aromatic nitrogens is 4. The van der Waals surface area contributed by atoms with Crippen molar-refractivity contribution in [1.29, 1.82) is 0 Å². The summed E-state index contributed by atoms with van der Waals surface area (Å²) < 4.78 is 33.5. The van der Waals surface area contributed by atoms with E-state index in [1.165, 1.54) is 54.3 Å². The number of carbonyl (C=O) groups excluding carboxylic acids is 2. The fourth-order valence-corrected chi connectivity index (χ4v) is 3.90. The van der Waals surface area contributed by atoms with Gasteiger partial charge in [-0.1, -0.05) is 0 Å². The van der Waals surface area contributed by atoms with Gasteiger partial charge in [-0.3, -0.25) is 4.79 Å². The van der Waals surface area contributed by atoms with Crippen LogP contribution in [0.1, 0.15) is 31.1 Å². The quantitative estimate of drug-likeness (QED) is 0.484. The normalized spacial score (nSPS) is 12.4. The maximum atomic E-state index is 12.4. The van der Waals surface area contributed by atoms with Crippen molar-refractivity contribution in [3.63, 3.8) is 0 Å². The van der Waals surface area contributed by atoms with Crippen molar-refractivity contribution >= 4 is 27.6 Å². The minimum absolute atomic E-state index is 0.0776. The Hall–Kier alpha value is -3.64.